The zero-order valence-electron chi connectivity index (χ0n) is 9.44. The van der Waals surface area contributed by atoms with Crippen LogP contribution in [0.2, 0.25) is 0 Å². The Morgan fingerprint density at radius 2 is 1.94 bits per heavy atom. The number of halogens is 1. The minimum atomic E-state index is -0.952. The minimum absolute atomic E-state index is 0.0926. The fraction of sp³-hybridized carbons (Fsp3) is 0.333. The summed E-state index contributed by atoms with van der Waals surface area (Å²) in [7, 11) is 0. The Morgan fingerprint density at radius 3 is 2.47 bits per heavy atom. The highest BCUT2D eigenvalue weighted by molar-refractivity contribution is 5.79. The van der Waals surface area contributed by atoms with Gasteiger partial charge in [-0.1, -0.05) is 19.1 Å². The lowest BCUT2D eigenvalue weighted by Gasteiger charge is -2.08. The van der Waals surface area contributed by atoms with Crippen molar-refractivity contribution in [3.63, 3.8) is 0 Å². The highest BCUT2D eigenvalue weighted by atomic mass is 19.1. The van der Waals surface area contributed by atoms with Crippen LogP contribution in [-0.2, 0) is 16.0 Å². The predicted octanol–water partition coefficient (Wildman–Crippen LogP) is 1.21. The molecule has 1 aromatic rings. The molecule has 1 unspecified atom stereocenters. The van der Waals surface area contributed by atoms with Crippen molar-refractivity contribution in [2.24, 2.45) is 5.92 Å². The molecule has 2 N–H and O–H groups in total. The van der Waals surface area contributed by atoms with Gasteiger partial charge in [0.1, 0.15) is 5.82 Å². The van der Waals surface area contributed by atoms with Crippen molar-refractivity contribution in [3.05, 3.63) is 35.6 Å². The highest BCUT2D eigenvalue weighted by Gasteiger charge is 2.12. The lowest BCUT2D eigenvalue weighted by Crippen LogP contribution is -2.32. The Bertz CT molecular complexity index is 403. The van der Waals surface area contributed by atoms with Crippen LogP contribution < -0.4 is 5.32 Å². The average molecular weight is 239 g/mol. The summed E-state index contributed by atoms with van der Waals surface area (Å²) in [6.45, 7) is 1.61. The molecule has 0 aliphatic carbocycles. The van der Waals surface area contributed by atoms with Crippen molar-refractivity contribution < 1.29 is 19.1 Å². The number of carbonyl (C=O) groups is 2. The number of hydrogen-bond donors (Lipinski definition) is 2. The van der Waals surface area contributed by atoms with Crippen LogP contribution in [0.15, 0.2) is 24.3 Å². The molecule has 92 valence electrons. The van der Waals surface area contributed by atoms with E-state index in [1.165, 1.54) is 31.2 Å². The molecule has 4 nitrogen and oxygen atoms in total. The first-order chi connectivity index (χ1) is 7.99. The molecule has 0 spiro atoms. The molecule has 0 bridgehead atoms. The van der Waals surface area contributed by atoms with Crippen LogP contribution in [0, 0.1) is 11.7 Å². The first kappa shape index (κ1) is 13.2. The molecule has 17 heavy (non-hydrogen) atoms. The van der Waals surface area contributed by atoms with Gasteiger partial charge in [-0.3, -0.25) is 9.59 Å². The van der Waals surface area contributed by atoms with Gasteiger partial charge in [0.05, 0.1) is 12.3 Å². The van der Waals surface area contributed by atoms with Crippen molar-refractivity contribution in [1.29, 1.82) is 0 Å². The second-order valence-electron chi connectivity index (χ2n) is 3.85. The Morgan fingerprint density at radius 1 is 1.35 bits per heavy atom. The molecular weight excluding hydrogens is 225 g/mol. The largest absolute Gasteiger partial charge is 0.481 e. The Balaban J connectivity index is 2.39. The SMILES string of the molecule is CC(CNC(=O)Cc1ccc(F)cc1)C(=O)O. The fourth-order valence-electron chi connectivity index (χ4n) is 1.20. The Kier molecular flexibility index (Phi) is 4.63. The highest BCUT2D eigenvalue weighted by Crippen LogP contribution is 2.03. The quantitative estimate of drug-likeness (QED) is 0.811. The maximum Gasteiger partial charge on any atom is 0.308 e. The van der Waals surface area contributed by atoms with E-state index in [-0.39, 0.29) is 24.7 Å². The molecule has 0 heterocycles. The van der Waals surface area contributed by atoms with Gasteiger partial charge in [0.25, 0.3) is 0 Å². The normalized spacial score (nSPS) is 11.9. The van der Waals surface area contributed by atoms with Crippen LogP contribution in [0.4, 0.5) is 4.39 Å². The summed E-state index contributed by atoms with van der Waals surface area (Å²) in [4.78, 5) is 21.9. The van der Waals surface area contributed by atoms with Crippen LogP contribution in [-0.4, -0.2) is 23.5 Å². The number of hydrogen-bond acceptors (Lipinski definition) is 2. The molecule has 1 aromatic carbocycles. The Labute approximate surface area is 98.5 Å². The average Bonchev–Trinajstić information content (AvgIpc) is 2.29. The lowest BCUT2D eigenvalue weighted by molar-refractivity contribution is -0.141. The van der Waals surface area contributed by atoms with Gasteiger partial charge in [-0.2, -0.15) is 0 Å². The third-order valence-electron chi connectivity index (χ3n) is 2.30. The van der Waals surface area contributed by atoms with Gasteiger partial charge in [0, 0.05) is 6.54 Å². The van der Waals surface area contributed by atoms with Crippen LogP contribution in [0.25, 0.3) is 0 Å². The van der Waals surface area contributed by atoms with Gasteiger partial charge in [-0.15, -0.1) is 0 Å². The molecule has 0 aromatic heterocycles. The topological polar surface area (TPSA) is 66.4 Å². The summed E-state index contributed by atoms with van der Waals surface area (Å²) in [6, 6.07) is 5.61. The molecule has 0 aliphatic heterocycles. The van der Waals surface area contributed by atoms with Gasteiger partial charge >= 0.3 is 5.97 Å². The number of carbonyl (C=O) groups excluding carboxylic acids is 1. The number of carboxylic acid groups (broad SMARTS) is 1. The van der Waals surface area contributed by atoms with Gasteiger partial charge < -0.3 is 10.4 Å². The predicted molar refractivity (Wildman–Crippen MR) is 59.9 cm³/mol. The zero-order valence-corrected chi connectivity index (χ0v) is 9.44. The van der Waals surface area contributed by atoms with Crippen molar-refractivity contribution in [2.45, 2.75) is 13.3 Å². The third-order valence-corrected chi connectivity index (χ3v) is 2.30. The molecule has 0 saturated heterocycles. The summed E-state index contributed by atoms with van der Waals surface area (Å²) in [5.41, 5.74) is 0.687. The zero-order chi connectivity index (χ0) is 12.8. The summed E-state index contributed by atoms with van der Waals surface area (Å²) >= 11 is 0. The van der Waals surface area contributed by atoms with Gasteiger partial charge in [-0.25, -0.2) is 4.39 Å². The molecule has 0 radical (unpaired) electrons. The van der Waals surface area contributed by atoms with E-state index in [9.17, 15) is 14.0 Å². The van der Waals surface area contributed by atoms with Gasteiger partial charge in [-0.05, 0) is 17.7 Å². The molecule has 1 amide bonds. The molecule has 5 heteroatoms. The Hall–Kier alpha value is -1.91. The van der Waals surface area contributed by atoms with Crippen LogP contribution in [0.5, 0.6) is 0 Å². The van der Waals surface area contributed by atoms with E-state index >= 15 is 0 Å². The number of benzene rings is 1. The van der Waals surface area contributed by atoms with Crippen molar-refractivity contribution in [3.8, 4) is 0 Å². The number of aliphatic carboxylic acids is 1. The number of amides is 1. The first-order valence-corrected chi connectivity index (χ1v) is 5.23. The summed E-state index contributed by atoms with van der Waals surface area (Å²) in [5.74, 6) is -2.20. The molecule has 0 fully saturated rings. The minimum Gasteiger partial charge on any atom is -0.481 e. The molecule has 1 rings (SSSR count). The fourth-order valence-corrected chi connectivity index (χ4v) is 1.20. The van der Waals surface area contributed by atoms with Crippen LogP contribution in [0.1, 0.15) is 12.5 Å². The van der Waals surface area contributed by atoms with E-state index in [0.29, 0.717) is 5.56 Å². The van der Waals surface area contributed by atoms with Crippen LogP contribution in [0.3, 0.4) is 0 Å². The summed E-state index contributed by atoms with van der Waals surface area (Å²) < 4.78 is 12.6. The van der Waals surface area contributed by atoms with E-state index in [0.717, 1.165) is 0 Å². The second-order valence-corrected chi connectivity index (χ2v) is 3.85. The van der Waals surface area contributed by atoms with E-state index in [1.807, 2.05) is 0 Å². The van der Waals surface area contributed by atoms with Gasteiger partial charge in [0.15, 0.2) is 0 Å². The lowest BCUT2D eigenvalue weighted by atomic mass is 10.1. The number of nitrogens with one attached hydrogen (secondary N) is 1. The van der Waals surface area contributed by atoms with E-state index in [4.69, 9.17) is 5.11 Å². The maximum atomic E-state index is 12.6. The van der Waals surface area contributed by atoms with Crippen molar-refractivity contribution >= 4 is 11.9 Å². The van der Waals surface area contributed by atoms with E-state index in [2.05, 4.69) is 5.32 Å². The second kappa shape index (κ2) is 5.98. The molecular formula is C12H14FNO3. The van der Waals surface area contributed by atoms with Crippen LogP contribution >= 0.6 is 0 Å². The smallest absolute Gasteiger partial charge is 0.308 e. The molecule has 1 atom stereocenters. The first-order valence-electron chi connectivity index (χ1n) is 5.23. The third kappa shape index (κ3) is 4.63. The number of rotatable bonds is 5. The van der Waals surface area contributed by atoms with Crippen molar-refractivity contribution in [1.82, 2.24) is 5.32 Å². The maximum absolute atomic E-state index is 12.6. The van der Waals surface area contributed by atoms with Gasteiger partial charge in [0.2, 0.25) is 5.91 Å². The summed E-state index contributed by atoms with van der Waals surface area (Å²) in [6.07, 6.45) is 0.118. The molecule has 0 saturated carbocycles. The standard InChI is InChI=1S/C12H14FNO3/c1-8(12(16)17)7-14-11(15)6-9-2-4-10(13)5-3-9/h2-5,8H,6-7H2,1H3,(H,14,15)(H,16,17). The summed E-state index contributed by atoms with van der Waals surface area (Å²) in [5, 5.41) is 11.1. The van der Waals surface area contributed by atoms with E-state index in [1.54, 1.807) is 0 Å². The van der Waals surface area contributed by atoms with E-state index < -0.39 is 11.9 Å². The number of carboxylic acids is 1. The monoisotopic (exact) mass is 239 g/mol. The van der Waals surface area contributed by atoms with Crippen molar-refractivity contribution in [2.75, 3.05) is 6.54 Å². The molecule has 0 aliphatic rings.